The summed E-state index contributed by atoms with van der Waals surface area (Å²) in [5.41, 5.74) is -0.489. The van der Waals surface area contributed by atoms with E-state index in [1.165, 1.54) is 17.0 Å². The van der Waals surface area contributed by atoms with Crippen molar-refractivity contribution < 1.29 is 28.8 Å². The van der Waals surface area contributed by atoms with E-state index in [0.717, 1.165) is 6.07 Å². The predicted molar refractivity (Wildman–Crippen MR) is 115 cm³/mol. The lowest BCUT2D eigenvalue weighted by Gasteiger charge is -2.28. The lowest BCUT2D eigenvalue weighted by Crippen LogP contribution is -2.53. The molecular formula is C20H25N5O8. The first-order valence-corrected chi connectivity index (χ1v) is 10.4. The number of nitroso groups, excluding NO2 is 1. The van der Waals surface area contributed by atoms with Crippen molar-refractivity contribution in [1.82, 2.24) is 15.5 Å². The highest BCUT2D eigenvalue weighted by Crippen LogP contribution is 2.25. The number of aldehydes is 1. The molecule has 13 nitrogen and oxygen atoms in total. The van der Waals surface area contributed by atoms with Gasteiger partial charge < -0.3 is 25.1 Å². The van der Waals surface area contributed by atoms with Crippen molar-refractivity contribution in [3.05, 3.63) is 38.8 Å². The normalized spacial score (nSPS) is 15.9. The Kier molecular flexibility index (Phi) is 9.39. The second-order valence-corrected chi connectivity index (χ2v) is 7.14. The van der Waals surface area contributed by atoms with E-state index in [1.807, 2.05) is 0 Å². The molecule has 1 unspecified atom stereocenters. The number of carbonyl (C=O) groups excluding carboxylic acids is 4. The molecule has 178 valence electrons. The number of amides is 3. The topological polar surface area (TPSA) is 177 Å². The van der Waals surface area contributed by atoms with E-state index in [1.54, 1.807) is 6.92 Å². The Balaban J connectivity index is 2.27. The average Bonchev–Trinajstić information content (AvgIpc) is 3.30. The van der Waals surface area contributed by atoms with Gasteiger partial charge in [-0.25, -0.2) is 0 Å². The van der Waals surface area contributed by atoms with Crippen molar-refractivity contribution >= 4 is 29.7 Å². The molecule has 2 N–H and O–H groups in total. The molecule has 0 spiro atoms. The van der Waals surface area contributed by atoms with Gasteiger partial charge in [0.25, 0.3) is 11.6 Å². The summed E-state index contributed by atoms with van der Waals surface area (Å²) in [6, 6.07) is 1.48. The standard InChI is InChI=1S/C20H25N5O8/c1-2-33-17-6-5-13(25(31)32)12-14(17)18(27)23-15(7-8-22-30)20(29)24-10-3-4-16(24)19(28)21-9-11-26/h5-6,11-12,15-16H,2-4,7-10H2,1H3,(H,21,28)(H,23,27)/t15?,16-/m0/s1. The molecule has 1 aromatic rings. The van der Waals surface area contributed by atoms with E-state index in [4.69, 9.17) is 4.74 Å². The van der Waals surface area contributed by atoms with Gasteiger partial charge in [0.15, 0.2) is 0 Å². The number of nitro benzene ring substituents is 1. The van der Waals surface area contributed by atoms with Crippen molar-refractivity contribution in [3.8, 4) is 5.75 Å². The van der Waals surface area contributed by atoms with Crippen LogP contribution in [-0.2, 0) is 14.4 Å². The second-order valence-electron chi connectivity index (χ2n) is 7.14. The zero-order valence-corrected chi connectivity index (χ0v) is 18.0. The number of hydrogen-bond acceptors (Lipinski definition) is 9. The summed E-state index contributed by atoms with van der Waals surface area (Å²) < 4.78 is 5.37. The molecule has 0 aromatic heterocycles. The number of non-ortho nitro benzene ring substituents is 1. The zero-order chi connectivity index (χ0) is 24.4. The Bertz CT molecular complexity index is 922. The Hall–Kier alpha value is -3.90. The maximum absolute atomic E-state index is 13.2. The molecule has 1 fully saturated rings. The van der Waals surface area contributed by atoms with Crippen LogP contribution >= 0.6 is 0 Å². The highest BCUT2D eigenvalue weighted by molar-refractivity contribution is 6.01. The summed E-state index contributed by atoms with van der Waals surface area (Å²) >= 11 is 0. The summed E-state index contributed by atoms with van der Waals surface area (Å²) in [4.78, 5) is 71.4. The van der Waals surface area contributed by atoms with E-state index < -0.39 is 34.7 Å². The molecule has 0 saturated carbocycles. The van der Waals surface area contributed by atoms with Crippen LogP contribution in [0.1, 0.15) is 36.5 Å². The molecule has 1 aliphatic heterocycles. The Morgan fingerprint density at radius 3 is 2.79 bits per heavy atom. The third-order valence-corrected chi connectivity index (χ3v) is 5.03. The van der Waals surface area contributed by atoms with Crippen LogP contribution in [0, 0.1) is 15.0 Å². The molecule has 0 aliphatic carbocycles. The number of ether oxygens (including phenoxy) is 1. The smallest absolute Gasteiger partial charge is 0.270 e. The van der Waals surface area contributed by atoms with Gasteiger partial charge in [-0.3, -0.25) is 24.5 Å². The number of nitrogens with zero attached hydrogens (tertiary/aromatic N) is 3. The second kappa shape index (κ2) is 12.2. The molecule has 13 heteroatoms. The van der Waals surface area contributed by atoms with Gasteiger partial charge in [-0.2, -0.15) is 4.91 Å². The first-order valence-electron chi connectivity index (χ1n) is 10.4. The van der Waals surface area contributed by atoms with Crippen molar-refractivity contribution in [1.29, 1.82) is 0 Å². The van der Waals surface area contributed by atoms with Gasteiger partial charge in [-0.15, -0.1) is 0 Å². The number of likely N-dealkylation sites (tertiary alicyclic amines) is 1. The van der Waals surface area contributed by atoms with Crippen molar-refractivity contribution in [3.63, 3.8) is 0 Å². The maximum atomic E-state index is 13.2. The summed E-state index contributed by atoms with van der Waals surface area (Å²) in [6.07, 6.45) is 1.30. The fourth-order valence-electron chi connectivity index (χ4n) is 3.53. The van der Waals surface area contributed by atoms with Gasteiger partial charge >= 0.3 is 0 Å². The van der Waals surface area contributed by atoms with Crippen molar-refractivity contribution in [2.24, 2.45) is 5.18 Å². The van der Waals surface area contributed by atoms with Gasteiger partial charge in [-0.1, -0.05) is 5.18 Å². The SMILES string of the molecule is CCOc1ccc([N+](=O)[O-])cc1C(=O)NC(CCN=O)C(=O)N1CCC[C@H]1C(=O)NCC=O. The monoisotopic (exact) mass is 463 g/mol. The minimum Gasteiger partial charge on any atom is -0.493 e. The first-order chi connectivity index (χ1) is 15.8. The molecule has 0 radical (unpaired) electrons. The van der Waals surface area contributed by atoms with E-state index in [2.05, 4.69) is 15.8 Å². The first kappa shape index (κ1) is 25.4. The fourth-order valence-corrected chi connectivity index (χ4v) is 3.53. The molecule has 1 aliphatic rings. The predicted octanol–water partition coefficient (Wildman–Crippen LogP) is 0.555. The molecule has 1 saturated heterocycles. The van der Waals surface area contributed by atoms with Gasteiger partial charge in [0.2, 0.25) is 11.8 Å². The Morgan fingerprint density at radius 1 is 1.39 bits per heavy atom. The van der Waals surface area contributed by atoms with Crippen LogP contribution in [0.15, 0.2) is 23.4 Å². The van der Waals surface area contributed by atoms with Gasteiger partial charge in [-0.05, 0) is 32.3 Å². The average molecular weight is 463 g/mol. The van der Waals surface area contributed by atoms with Gasteiger partial charge in [0, 0.05) is 18.7 Å². The largest absolute Gasteiger partial charge is 0.493 e. The van der Waals surface area contributed by atoms with Crippen LogP contribution in [-0.4, -0.2) is 72.2 Å². The maximum Gasteiger partial charge on any atom is 0.270 e. The van der Waals surface area contributed by atoms with Gasteiger partial charge in [0.1, 0.15) is 24.1 Å². The number of carbonyl (C=O) groups is 4. The number of hydrogen-bond donors (Lipinski definition) is 2. The van der Waals surface area contributed by atoms with Crippen molar-refractivity contribution in [2.45, 2.75) is 38.3 Å². The van der Waals surface area contributed by atoms with Crippen LogP contribution in [0.3, 0.4) is 0 Å². The fraction of sp³-hybridized carbons (Fsp3) is 0.500. The summed E-state index contributed by atoms with van der Waals surface area (Å²) in [5, 5.41) is 18.8. The lowest BCUT2D eigenvalue weighted by atomic mass is 10.1. The van der Waals surface area contributed by atoms with E-state index in [9.17, 15) is 34.2 Å². The number of nitrogens with one attached hydrogen (secondary N) is 2. The number of rotatable bonds is 12. The third-order valence-electron chi connectivity index (χ3n) is 5.03. The Morgan fingerprint density at radius 2 is 2.15 bits per heavy atom. The third kappa shape index (κ3) is 6.54. The quantitative estimate of drug-likeness (QED) is 0.195. The van der Waals surface area contributed by atoms with Crippen LogP contribution < -0.4 is 15.4 Å². The van der Waals surface area contributed by atoms with Crippen LogP contribution in [0.4, 0.5) is 5.69 Å². The van der Waals surface area contributed by atoms with Crippen LogP contribution in [0.25, 0.3) is 0 Å². The zero-order valence-electron chi connectivity index (χ0n) is 18.0. The van der Waals surface area contributed by atoms with E-state index >= 15 is 0 Å². The highest BCUT2D eigenvalue weighted by Gasteiger charge is 2.37. The molecule has 33 heavy (non-hydrogen) atoms. The lowest BCUT2D eigenvalue weighted by molar-refractivity contribution is -0.384. The molecule has 0 bridgehead atoms. The molecule has 1 heterocycles. The molecule has 2 atom stereocenters. The summed E-state index contributed by atoms with van der Waals surface area (Å²) in [7, 11) is 0. The van der Waals surface area contributed by atoms with E-state index in [-0.39, 0.29) is 49.7 Å². The minimum atomic E-state index is -1.21. The van der Waals surface area contributed by atoms with Crippen LogP contribution in [0.2, 0.25) is 0 Å². The number of benzene rings is 1. The Labute approximate surface area is 189 Å². The van der Waals surface area contributed by atoms with Crippen molar-refractivity contribution in [2.75, 3.05) is 26.2 Å². The molecule has 3 amide bonds. The van der Waals surface area contributed by atoms with Crippen LogP contribution in [0.5, 0.6) is 5.75 Å². The number of nitro groups is 1. The minimum absolute atomic E-state index is 0.0904. The highest BCUT2D eigenvalue weighted by atomic mass is 16.6. The molecule has 1 aromatic carbocycles. The summed E-state index contributed by atoms with van der Waals surface area (Å²) in [5.74, 6) is -1.82. The van der Waals surface area contributed by atoms with Gasteiger partial charge in [0.05, 0.1) is 30.2 Å². The molecular weight excluding hydrogens is 438 g/mol. The summed E-state index contributed by atoms with van der Waals surface area (Å²) in [6.45, 7) is 1.65. The van der Waals surface area contributed by atoms with E-state index in [0.29, 0.717) is 19.1 Å². The molecule has 2 rings (SSSR count).